The summed E-state index contributed by atoms with van der Waals surface area (Å²) in [6, 6.07) is 16.6. The van der Waals surface area contributed by atoms with Gasteiger partial charge in [0.2, 0.25) is 0 Å². The van der Waals surface area contributed by atoms with E-state index in [1.807, 2.05) is 63.6 Å². The molecule has 0 aliphatic heterocycles. The van der Waals surface area contributed by atoms with Crippen molar-refractivity contribution in [3.05, 3.63) is 60.2 Å². The lowest BCUT2D eigenvalue weighted by Crippen LogP contribution is -3.00. The lowest BCUT2D eigenvalue weighted by molar-refractivity contribution is -0.0000171. The second-order valence-corrected chi connectivity index (χ2v) is 5.24. The third kappa shape index (κ3) is 3.92. The zero-order valence-electron chi connectivity index (χ0n) is 11.8. The number of rotatable bonds is 3. The summed E-state index contributed by atoms with van der Waals surface area (Å²) in [6.07, 6.45) is 0. The highest BCUT2D eigenvalue weighted by atomic mass is 79.9. The smallest absolute Gasteiger partial charge is 0.343 e. The number of carbonyl (C=O) groups excluding carboxylic acids is 1. The molecule has 0 spiro atoms. The van der Waals surface area contributed by atoms with Gasteiger partial charge in [-0.2, -0.15) is 0 Å². The van der Waals surface area contributed by atoms with E-state index in [0.29, 0.717) is 15.8 Å². The van der Waals surface area contributed by atoms with Crippen LogP contribution in [0.2, 0.25) is 0 Å². The number of esters is 1. The quantitative estimate of drug-likeness (QED) is 0.452. The molecule has 0 atom stereocenters. The van der Waals surface area contributed by atoms with E-state index in [1.165, 1.54) is 0 Å². The maximum atomic E-state index is 12.1. The third-order valence-electron chi connectivity index (χ3n) is 2.80. The summed E-state index contributed by atoms with van der Waals surface area (Å²) in [5.74, 6) is 0.269. The molecular weight excluding hydrogens is 318 g/mol. The topological polar surface area (TPSA) is 26.3 Å². The van der Waals surface area contributed by atoms with Crippen LogP contribution in [0.1, 0.15) is 10.4 Å². The Kier molecular flexibility index (Phi) is 5.48. The molecule has 4 heteroatoms. The Morgan fingerprint density at radius 1 is 0.900 bits per heavy atom. The van der Waals surface area contributed by atoms with Gasteiger partial charge in [0, 0.05) is 6.07 Å². The summed E-state index contributed by atoms with van der Waals surface area (Å²) in [4.78, 5) is 12.1. The molecule has 0 radical (unpaired) electrons. The molecule has 20 heavy (non-hydrogen) atoms. The van der Waals surface area contributed by atoms with Gasteiger partial charge in [-0.05, 0) is 18.2 Å². The first-order valence-corrected chi connectivity index (χ1v) is 6.17. The molecule has 2 rings (SSSR count). The van der Waals surface area contributed by atoms with Crippen molar-refractivity contribution in [3.8, 4) is 5.75 Å². The Labute approximate surface area is 130 Å². The first-order valence-electron chi connectivity index (χ1n) is 6.17. The zero-order valence-corrected chi connectivity index (χ0v) is 13.4. The highest BCUT2D eigenvalue weighted by molar-refractivity contribution is 5.91. The summed E-state index contributed by atoms with van der Waals surface area (Å²) in [5.41, 5.74) is 1.52. The molecule has 106 valence electrons. The summed E-state index contributed by atoms with van der Waals surface area (Å²) < 4.78 is 6.10. The zero-order chi connectivity index (χ0) is 13.9. The molecule has 3 nitrogen and oxygen atoms in total. The molecule has 0 aliphatic rings. The van der Waals surface area contributed by atoms with Crippen molar-refractivity contribution in [1.82, 2.24) is 4.48 Å². The Morgan fingerprint density at radius 3 is 2.05 bits per heavy atom. The molecule has 0 aromatic heterocycles. The molecule has 2 aromatic carbocycles. The second-order valence-electron chi connectivity index (χ2n) is 5.24. The van der Waals surface area contributed by atoms with E-state index in [1.54, 1.807) is 12.1 Å². The molecule has 0 aliphatic carbocycles. The molecule has 0 fully saturated rings. The predicted octanol–water partition coefficient (Wildman–Crippen LogP) is 0.107. The number of halogens is 1. The van der Waals surface area contributed by atoms with Crippen LogP contribution in [0, 0.1) is 0 Å². The highest BCUT2D eigenvalue weighted by Crippen LogP contribution is 2.30. The molecule has 0 bridgehead atoms. The van der Waals surface area contributed by atoms with Gasteiger partial charge < -0.3 is 21.7 Å². The van der Waals surface area contributed by atoms with Crippen molar-refractivity contribution in [3.63, 3.8) is 0 Å². The Balaban J connectivity index is 0.00000200. The van der Waals surface area contributed by atoms with Crippen LogP contribution in [0.5, 0.6) is 5.75 Å². The van der Waals surface area contributed by atoms with E-state index in [2.05, 4.69) is 0 Å². The molecule has 0 N–H and O–H groups in total. The fourth-order valence-electron chi connectivity index (χ4n) is 1.83. The average molecular weight is 336 g/mol. The molecule has 0 unspecified atom stereocenters. The van der Waals surface area contributed by atoms with Crippen molar-refractivity contribution < 1.29 is 26.5 Å². The van der Waals surface area contributed by atoms with E-state index < -0.39 is 0 Å². The van der Waals surface area contributed by atoms with Gasteiger partial charge >= 0.3 is 5.97 Å². The van der Waals surface area contributed by atoms with Crippen LogP contribution >= 0.6 is 0 Å². The Hall–Kier alpha value is -1.65. The lowest BCUT2D eigenvalue weighted by Gasteiger charge is -2.25. The minimum Gasteiger partial charge on any atom is -1.00 e. The van der Waals surface area contributed by atoms with Crippen LogP contribution < -0.4 is 26.2 Å². The van der Waals surface area contributed by atoms with Gasteiger partial charge in [0.05, 0.1) is 26.7 Å². The van der Waals surface area contributed by atoms with Crippen LogP contribution in [0.15, 0.2) is 54.6 Å². The number of nitrogens with zero attached hydrogens (tertiary/aromatic N) is 1. The van der Waals surface area contributed by atoms with Crippen LogP contribution in [0.25, 0.3) is 0 Å². The summed E-state index contributed by atoms with van der Waals surface area (Å²) in [5, 5.41) is 0. The molecule has 0 heterocycles. The molecule has 0 saturated heterocycles. The lowest BCUT2D eigenvalue weighted by atomic mass is 10.2. The van der Waals surface area contributed by atoms with E-state index in [0.717, 1.165) is 5.69 Å². The molecular formula is C16H18BrNO2. The first kappa shape index (κ1) is 16.4. The Bertz CT molecular complexity index is 577. The van der Waals surface area contributed by atoms with Crippen molar-refractivity contribution in [2.24, 2.45) is 0 Å². The van der Waals surface area contributed by atoms with Crippen LogP contribution in [-0.2, 0) is 0 Å². The standard InChI is InChI=1S/C16H18NO2.BrH/c1-17(2,3)14-11-7-8-12-15(14)19-16(18)13-9-5-4-6-10-13;/h4-12H,1-3H3;1H/q+1;/p-1. The van der Waals surface area contributed by atoms with E-state index in [-0.39, 0.29) is 23.0 Å². The number of quaternary nitrogens is 1. The van der Waals surface area contributed by atoms with Crippen LogP contribution in [-0.4, -0.2) is 27.1 Å². The van der Waals surface area contributed by atoms with E-state index >= 15 is 0 Å². The number of ether oxygens (including phenoxy) is 1. The van der Waals surface area contributed by atoms with Crippen molar-refractivity contribution in [2.45, 2.75) is 0 Å². The maximum Gasteiger partial charge on any atom is 0.343 e. The van der Waals surface area contributed by atoms with Gasteiger partial charge in [-0.15, -0.1) is 0 Å². The van der Waals surface area contributed by atoms with Gasteiger partial charge in [-0.25, -0.2) is 4.79 Å². The largest absolute Gasteiger partial charge is 1.00 e. The van der Waals surface area contributed by atoms with Crippen molar-refractivity contribution >= 4 is 11.7 Å². The summed E-state index contributed by atoms with van der Waals surface area (Å²) >= 11 is 0. The maximum absolute atomic E-state index is 12.1. The van der Waals surface area contributed by atoms with Crippen LogP contribution in [0.4, 0.5) is 5.69 Å². The summed E-state index contributed by atoms with van der Waals surface area (Å²) in [6.45, 7) is 0. The molecule has 0 saturated carbocycles. The van der Waals surface area contributed by atoms with Gasteiger partial charge in [-0.3, -0.25) is 4.48 Å². The van der Waals surface area contributed by atoms with Gasteiger partial charge in [0.1, 0.15) is 0 Å². The van der Waals surface area contributed by atoms with Gasteiger partial charge in [0.25, 0.3) is 0 Å². The fraction of sp³-hybridized carbons (Fsp3) is 0.188. The monoisotopic (exact) mass is 335 g/mol. The Morgan fingerprint density at radius 2 is 1.45 bits per heavy atom. The first-order chi connectivity index (χ1) is 8.98. The SMILES string of the molecule is C[N+](C)(C)c1ccccc1OC(=O)c1ccccc1.[Br-]. The number of hydrogen-bond acceptors (Lipinski definition) is 2. The van der Waals surface area contributed by atoms with Gasteiger partial charge in [0.15, 0.2) is 11.4 Å². The normalized spacial score (nSPS) is 10.6. The average Bonchev–Trinajstić information content (AvgIpc) is 2.39. The van der Waals surface area contributed by atoms with Gasteiger partial charge in [-0.1, -0.05) is 30.3 Å². The minimum absolute atomic E-state index is 0. The van der Waals surface area contributed by atoms with E-state index in [4.69, 9.17) is 4.74 Å². The number of para-hydroxylation sites is 2. The second kappa shape index (κ2) is 6.68. The third-order valence-corrected chi connectivity index (χ3v) is 2.80. The van der Waals surface area contributed by atoms with E-state index in [9.17, 15) is 4.79 Å². The predicted molar refractivity (Wildman–Crippen MR) is 77.4 cm³/mol. The summed E-state index contributed by atoms with van der Waals surface area (Å²) in [7, 11) is 6.11. The molecule has 0 amide bonds. The number of carbonyl (C=O) groups is 1. The number of hydrogen-bond donors (Lipinski definition) is 0. The van der Waals surface area contributed by atoms with Crippen molar-refractivity contribution in [2.75, 3.05) is 21.1 Å². The number of benzene rings is 2. The van der Waals surface area contributed by atoms with Crippen molar-refractivity contribution in [1.29, 1.82) is 0 Å². The van der Waals surface area contributed by atoms with Crippen LogP contribution in [0.3, 0.4) is 0 Å². The molecule has 2 aromatic rings. The minimum atomic E-state index is -0.332. The highest BCUT2D eigenvalue weighted by Gasteiger charge is 2.20. The fourth-order valence-corrected chi connectivity index (χ4v) is 1.83.